The van der Waals surface area contributed by atoms with Crippen molar-refractivity contribution in [1.29, 1.82) is 0 Å². The van der Waals surface area contributed by atoms with Gasteiger partial charge in [0.2, 0.25) is 0 Å². The maximum Gasteiger partial charge on any atom is 0.330 e. The fourth-order valence-electron chi connectivity index (χ4n) is 3.55. The van der Waals surface area contributed by atoms with Crippen molar-refractivity contribution in [3.05, 3.63) is 77.4 Å². The van der Waals surface area contributed by atoms with E-state index in [1.54, 1.807) is 27.2 Å². The molecule has 0 amide bonds. The van der Waals surface area contributed by atoms with Crippen LogP contribution < -0.4 is 9.47 Å². The van der Waals surface area contributed by atoms with Crippen LogP contribution in [0.1, 0.15) is 28.4 Å². The lowest BCUT2D eigenvalue weighted by Gasteiger charge is -2.13. The van der Waals surface area contributed by atoms with E-state index in [4.69, 9.17) is 14.2 Å². The first-order valence-corrected chi connectivity index (χ1v) is 10.3. The van der Waals surface area contributed by atoms with Gasteiger partial charge >= 0.3 is 5.97 Å². The molecule has 0 spiro atoms. The number of hydrogen-bond acceptors (Lipinski definition) is 5. The molecule has 0 aliphatic heterocycles. The van der Waals surface area contributed by atoms with Gasteiger partial charge in [0.1, 0.15) is 11.5 Å². The molecule has 0 aliphatic carbocycles. The number of ether oxygens (including phenoxy) is 3. The predicted molar refractivity (Wildman–Crippen MR) is 126 cm³/mol. The van der Waals surface area contributed by atoms with Gasteiger partial charge in [-0.15, -0.1) is 0 Å². The van der Waals surface area contributed by atoms with E-state index < -0.39 is 5.97 Å². The van der Waals surface area contributed by atoms with Crippen molar-refractivity contribution in [3.8, 4) is 33.8 Å². The van der Waals surface area contributed by atoms with Gasteiger partial charge in [0, 0.05) is 11.6 Å². The van der Waals surface area contributed by atoms with Gasteiger partial charge in [-0.1, -0.05) is 24.3 Å². The van der Waals surface area contributed by atoms with Crippen LogP contribution in [0.2, 0.25) is 0 Å². The second-order valence-electron chi connectivity index (χ2n) is 7.14. The minimum absolute atomic E-state index is 0.309. The maximum atomic E-state index is 11.9. The van der Waals surface area contributed by atoms with Gasteiger partial charge in [0.15, 0.2) is 6.29 Å². The average Bonchev–Trinajstić information content (AvgIpc) is 2.82. The zero-order chi connectivity index (χ0) is 23.1. The Hall–Kier alpha value is -3.86. The highest BCUT2D eigenvalue weighted by molar-refractivity contribution is 5.93. The number of benzene rings is 3. The number of rotatable bonds is 8. The Balaban J connectivity index is 2.06. The summed E-state index contributed by atoms with van der Waals surface area (Å²) in [6, 6.07) is 17.2. The van der Waals surface area contributed by atoms with Crippen molar-refractivity contribution in [2.24, 2.45) is 0 Å². The molecular weight excluding hydrogens is 404 g/mol. The normalized spacial score (nSPS) is 10.8. The van der Waals surface area contributed by atoms with Crippen LogP contribution in [0.15, 0.2) is 60.7 Å². The van der Waals surface area contributed by atoms with Gasteiger partial charge in [-0.2, -0.15) is 0 Å². The quantitative estimate of drug-likeness (QED) is 0.259. The summed E-state index contributed by atoms with van der Waals surface area (Å²) in [5.41, 5.74) is 5.85. The van der Waals surface area contributed by atoms with Crippen LogP contribution in [0, 0.1) is 6.92 Å². The smallest absolute Gasteiger partial charge is 0.330 e. The molecule has 0 fully saturated rings. The molecule has 3 aromatic rings. The van der Waals surface area contributed by atoms with E-state index in [0.717, 1.165) is 45.4 Å². The standard InChI is InChI=1S/C27H26O5/c1-5-32-27(29)13-8-21-16-23(30-3)9-11-24(21)20-6-10-25(22(15-20)17-28)19-7-12-26(31-4)18(2)14-19/h6-17H,5H2,1-4H3/b13-8+. The monoisotopic (exact) mass is 430 g/mol. The summed E-state index contributed by atoms with van der Waals surface area (Å²) >= 11 is 0. The molecule has 0 aromatic heterocycles. The second-order valence-corrected chi connectivity index (χ2v) is 7.14. The van der Waals surface area contributed by atoms with E-state index in [9.17, 15) is 9.59 Å². The molecule has 3 rings (SSSR count). The third-order valence-electron chi connectivity index (χ3n) is 5.14. The number of methoxy groups -OCH3 is 2. The van der Waals surface area contributed by atoms with Crippen LogP contribution in [-0.2, 0) is 9.53 Å². The zero-order valence-corrected chi connectivity index (χ0v) is 18.7. The van der Waals surface area contributed by atoms with Gasteiger partial charge in [-0.05, 0) is 83.6 Å². The van der Waals surface area contributed by atoms with Crippen LogP contribution in [-0.4, -0.2) is 33.1 Å². The van der Waals surface area contributed by atoms with Crippen LogP contribution in [0.4, 0.5) is 0 Å². The second kappa shape index (κ2) is 10.4. The summed E-state index contributed by atoms with van der Waals surface area (Å²) in [4.78, 5) is 23.7. The molecule has 0 atom stereocenters. The van der Waals surface area contributed by atoms with Crippen molar-refractivity contribution in [2.75, 3.05) is 20.8 Å². The molecule has 5 heteroatoms. The van der Waals surface area contributed by atoms with E-state index in [0.29, 0.717) is 17.9 Å². The molecule has 0 N–H and O–H groups in total. The number of aryl methyl sites for hydroxylation is 1. The first-order valence-electron chi connectivity index (χ1n) is 10.3. The lowest BCUT2D eigenvalue weighted by atomic mass is 9.92. The van der Waals surface area contributed by atoms with Gasteiger partial charge in [0.25, 0.3) is 0 Å². The van der Waals surface area contributed by atoms with Gasteiger partial charge < -0.3 is 14.2 Å². The molecule has 0 aliphatic rings. The molecule has 3 aromatic carbocycles. The van der Waals surface area contributed by atoms with E-state index in [2.05, 4.69) is 0 Å². The van der Waals surface area contributed by atoms with Crippen LogP contribution >= 0.6 is 0 Å². The fourth-order valence-corrected chi connectivity index (χ4v) is 3.55. The lowest BCUT2D eigenvalue weighted by Crippen LogP contribution is -1.99. The van der Waals surface area contributed by atoms with Crippen LogP contribution in [0.5, 0.6) is 11.5 Å². The molecule has 0 unspecified atom stereocenters. The Kier molecular flexibility index (Phi) is 7.45. The Morgan fingerprint density at radius 3 is 2.22 bits per heavy atom. The average molecular weight is 431 g/mol. The Labute approximate surface area is 188 Å². The molecule has 0 bridgehead atoms. The summed E-state index contributed by atoms with van der Waals surface area (Å²) in [5.74, 6) is 1.05. The van der Waals surface area contributed by atoms with Crippen molar-refractivity contribution in [2.45, 2.75) is 13.8 Å². The van der Waals surface area contributed by atoms with Crippen molar-refractivity contribution >= 4 is 18.3 Å². The minimum atomic E-state index is -0.417. The third kappa shape index (κ3) is 5.06. The largest absolute Gasteiger partial charge is 0.497 e. The Morgan fingerprint density at radius 2 is 1.56 bits per heavy atom. The van der Waals surface area contributed by atoms with Gasteiger partial charge in [-0.3, -0.25) is 4.79 Å². The number of esters is 1. The Morgan fingerprint density at radius 1 is 0.875 bits per heavy atom. The van der Waals surface area contributed by atoms with E-state index in [-0.39, 0.29) is 0 Å². The molecule has 0 saturated carbocycles. The fraction of sp³-hybridized carbons (Fsp3) is 0.185. The molecular formula is C27H26O5. The first-order chi connectivity index (χ1) is 15.5. The summed E-state index contributed by atoms with van der Waals surface area (Å²) in [5, 5.41) is 0. The number of hydrogen-bond donors (Lipinski definition) is 0. The predicted octanol–water partition coefficient (Wildman–Crippen LogP) is 5.74. The topological polar surface area (TPSA) is 61.8 Å². The Bertz CT molecular complexity index is 1160. The summed E-state index contributed by atoms with van der Waals surface area (Å²) in [6.07, 6.45) is 3.93. The SMILES string of the molecule is CCOC(=O)/C=C/c1cc(OC)ccc1-c1ccc(-c2ccc(OC)c(C)c2)c(C=O)c1. The highest BCUT2D eigenvalue weighted by Crippen LogP contribution is 2.33. The van der Waals surface area contributed by atoms with Gasteiger partial charge in [0.05, 0.1) is 20.8 Å². The number of carbonyl (C=O) groups is 2. The maximum absolute atomic E-state index is 11.9. The van der Waals surface area contributed by atoms with Crippen molar-refractivity contribution < 1.29 is 23.8 Å². The highest BCUT2D eigenvalue weighted by Gasteiger charge is 2.12. The van der Waals surface area contributed by atoms with Gasteiger partial charge in [-0.25, -0.2) is 4.79 Å². The van der Waals surface area contributed by atoms with Crippen molar-refractivity contribution in [1.82, 2.24) is 0 Å². The third-order valence-corrected chi connectivity index (χ3v) is 5.14. The molecule has 0 heterocycles. The van der Waals surface area contributed by atoms with E-state index in [1.807, 2.05) is 61.5 Å². The molecule has 5 nitrogen and oxygen atoms in total. The minimum Gasteiger partial charge on any atom is -0.497 e. The summed E-state index contributed by atoms with van der Waals surface area (Å²) in [7, 11) is 3.22. The van der Waals surface area contributed by atoms with Crippen LogP contribution in [0.25, 0.3) is 28.3 Å². The number of aldehydes is 1. The highest BCUT2D eigenvalue weighted by atomic mass is 16.5. The lowest BCUT2D eigenvalue weighted by molar-refractivity contribution is -0.137. The number of carbonyl (C=O) groups excluding carboxylic acids is 2. The summed E-state index contributed by atoms with van der Waals surface area (Å²) in [6.45, 7) is 4.04. The molecule has 0 saturated heterocycles. The summed E-state index contributed by atoms with van der Waals surface area (Å²) < 4.78 is 15.7. The zero-order valence-electron chi connectivity index (χ0n) is 18.7. The van der Waals surface area contributed by atoms with Crippen LogP contribution in [0.3, 0.4) is 0 Å². The van der Waals surface area contributed by atoms with E-state index in [1.165, 1.54) is 6.08 Å². The molecule has 32 heavy (non-hydrogen) atoms. The van der Waals surface area contributed by atoms with E-state index >= 15 is 0 Å². The first kappa shape index (κ1) is 22.8. The van der Waals surface area contributed by atoms with Crippen molar-refractivity contribution in [3.63, 3.8) is 0 Å². The molecule has 0 radical (unpaired) electrons. The molecule has 164 valence electrons.